The van der Waals surface area contributed by atoms with Crippen molar-refractivity contribution in [3.8, 4) is 5.75 Å². The van der Waals surface area contributed by atoms with Gasteiger partial charge in [0.1, 0.15) is 17.4 Å². The van der Waals surface area contributed by atoms with Gasteiger partial charge in [-0.3, -0.25) is 0 Å². The minimum Gasteiger partial charge on any atom is -0.434 e. The number of hydrogen-bond donors (Lipinski definition) is 2. The molecule has 0 bridgehead atoms. The van der Waals surface area contributed by atoms with Crippen LogP contribution in [-0.2, 0) is 6.54 Å². The van der Waals surface area contributed by atoms with Crippen LogP contribution in [0.2, 0.25) is 0 Å². The number of alkyl halides is 2. The van der Waals surface area contributed by atoms with E-state index >= 15 is 0 Å². The lowest BCUT2D eigenvalue weighted by atomic mass is 10.1. The van der Waals surface area contributed by atoms with Gasteiger partial charge in [0.05, 0.1) is 12.1 Å². The fourth-order valence-corrected chi connectivity index (χ4v) is 3.53. The fraction of sp³-hybridized carbons (Fsp3) is 0.455. The molecule has 2 heterocycles. The molecule has 1 fully saturated rings. The minimum atomic E-state index is -3.02. The summed E-state index contributed by atoms with van der Waals surface area (Å²) in [4.78, 5) is 11.2. The lowest BCUT2D eigenvalue weighted by Gasteiger charge is -2.34. The van der Waals surface area contributed by atoms with Crippen molar-refractivity contribution in [2.24, 2.45) is 4.99 Å². The zero-order valence-electron chi connectivity index (χ0n) is 18.2. The molecule has 1 aliphatic rings. The van der Waals surface area contributed by atoms with Gasteiger partial charge in [-0.15, -0.1) is 24.0 Å². The minimum absolute atomic E-state index is 0. The second kappa shape index (κ2) is 12.7. The molecular weight excluding hydrogens is 534 g/mol. The lowest BCUT2D eigenvalue weighted by Crippen LogP contribution is -2.49. The number of pyridine rings is 1. The molecule has 0 spiro atoms. The van der Waals surface area contributed by atoms with Crippen LogP contribution in [0.25, 0.3) is 0 Å². The SMILES string of the molecule is CCNC(=NCc1c(F)cccc1OC(F)F)NC1CCN(c2cccc(C)n2)CC1.I. The number of nitrogens with zero attached hydrogens (tertiary/aromatic N) is 3. The molecule has 1 aromatic heterocycles. The van der Waals surface area contributed by atoms with Gasteiger partial charge in [0.25, 0.3) is 0 Å². The zero-order chi connectivity index (χ0) is 22.2. The fourth-order valence-electron chi connectivity index (χ4n) is 3.53. The quantitative estimate of drug-likeness (QED) is 0.296. The first kappa shape index (κ1) is 26.0. The van der Waals surface area contributed by atoms with E-state index in [1.807, 2.05) is 32.0 Å². The zero-order valence-corrected chi connectivity index (χ0v) is 20.5. The number of benzene rings is 1. The Kier molecular flexibility index (Phi) is 10.3. The van der Waals surface area contributed by atoms with Crippen LogP contribution in [0.1, 0.15) is 31.0 Å². The number of anilines is 1. The van der Waals surface area contributed by atoms with Gasteiger partial charge in [-0.1, -0.05) is 12.1 Å². The second-order valence-corrected chi connectivity index (χ2v) is 7.33. The summed E-state index contributed by atoms with van der Waals surface area (Å²) in [6.07, 6.45) is 1.78. The number of guanidine groups is 1. The highest BCUT2D eigenvalue weighted by Gasteiger charge is 2.21. The smallest absolute Gasteiger partial charge is 0.387 e. The van der Waals surface area contributed by atoms with Crippen LogP contribution in [0.3, 0.4) is 0 Å². The first-order chi connectivity index (χ1) is 15.0. The van der Waals surface area contributed by atoms with E-state index in [2.05, 4.69) is 30.2 Å². The molecule has 1 aromatic carbocycles. The average Bonchev–Trinajstić information content (AvgIpc) is 2.73. The van der Waals surface area contributed by atoms with Crippen molar-refractivity contribution >= 4 is 35.8 Å². The Morgan fingerprint density at radius 1 is 1.22 bits per heavy atom. The predicted molar refractivity (Wildman–Crippen MR) is 131 cm³/mol. The van der Waals surface area contributed by atoms with E-state index in [1.54, 1.807) is 0 Å². The summed E-state index contributed by atoms with van der Waals surface area (Å²) in [7, 11) is 0. The molecule has 176 valence electrons. The Labute approximate surface area is 203 Å². The standard InChI is InChI=1S/C22H28F3N5O.HI/c1-3-26-22(27-14-17-18(23)7-5-8-19(17)31-21(24)25)29-16-10-12-30(13-11-16)20-9-4-6-15(2)28-20;/h4-9,16,21H,3,10-14H2,1-2H3,(H2,26,27,29);1H. The molecule has 32 heavy (non-hydrogen) atoms. The summed E-state index contributed by atoms with van der Waals surface area (Å²) < 4.78 is 43.9. The highest BCUT2D eigenvalue weighted by Crippen LogP contribution is 2.24. The Hall–Kier alpha value is -2.24. The molecule has 1 aliphatic heterocycles. The number of halogens is 4. The molecule has 2 N–H and O–H groups in total. The van der Waals surface area contributed by atoms with Gasteiger partial charge in [-0.25, -0.2) is 14.4 Å². The van der Waals surface area contributed by atoms with Crippen molar-refractivity contribution in [2.75, 3.05) is 24.5 Å². The molecule has 1 saturated heterocycles. The van der Waals surface area contributed by atoms with Gasteiger partial charge < -0.3 is 20.3 Å². The summed E-state index contributed by atoms with van der Waals surface area (Å²) in [5.74, 6) is 0.663. The van der Waals surface area contributed by atoms with Crippen LogP contribution in [0, 0.1) is 12.7 Å². The van der Waals surface area contributed by atoms with E-state index < -0.39 is 12.4 Å². The van der Waals surface area contributed by atoms with Crippen molar-refractivity contribution in [1.82, 2.24) is 15.6 Å². The topological polar surface area (TPSA) is 61.8 Å². The number of aryl methyl sites for hydroxylation is 1. The average molecular weight is 563 g/mol. The maximum atomic E-state index is 14.2. The maximum absolute atomic E-state index is 14.2. The second-order valence-electron chi connectivity index (χ2n) is 7.33. The van der Waals surface area contributed by atoms with Crippen molar-refractivity contribution < 1.29 is 17.9 Å². The van der Waals surface area contributed by atoms with Crippen molar-refractivity contribution in [1.29, 1.82) is 0 Å². The van der Waals surface area contributed by atoms with E-state index in [4.69, 9.17) is 0 Å². The molecule has 2 aromatic rings. The number of aliphatic imine (C=N–C) groups is 1. The van der Waals surface area contributed by atoms with E-state index in [-0.39, 0.29) is 47.9 Å². The monoisotopic (exact) mass is 563 g/mol. The van der Waals surface area contributed by atoms with E-state index in [0.717, 1.165) is 37.4 Å². The Morgan fingerprint density at radius 3 is 2.59 bits per heavy atom. The van der Waals surface area contributed by atoms with Crippen LogP contribution < -0.4 is 20.3 Å². The highest BCUT2D eigenvalue weighted by molar-refractivity contribution is 14.0. The van der Waals surface area contributed by atoms with Crippen LogP contribution in [0.5, 0.6) is 5.75 Å². The molecule has 6 nitrogen and oxygen atoms in total. The van der Waals surface area contributed by atoms with Crippen LogP contribution >= 0.6 is 24.0 Å². The number of ether oxygens (including phenoxy) is 1. The molecule has 0 atom stereocenters. The van der Waals surface area contributed by atoms with Gasteiger partial charge in [0.2, 0.25) is 0 Å². The van der Waals surface area contributed by atoms with Crippen molar-refractivity contribution in [2.45, 2.75) is 45.9 Å². The Morgan fingerprint density at radius 2 is 1.94 bits per heavy atom. The first-order valence-corrected chi connectivity index (χ1v) is 10.4. The van der Waals surface area contributed by atoms with Gasteiger partial charge in [0.15, 0.2) is 5.96 Å². The van der Waals surface area contributed by atoms with Crippen LogP contribution in [-0.4, -0.2) is 43.2 Å². The maximum Gasteiger partial charge on any atom is 0.387 e. The predicted octanol–water partition coefficient (Wildman–Crippen LogP) is 4.47. The summed E-state index contributed by atoms with van der Waals surface area (Å²) >= 11 is 0. The number of nitrogens with one attached hydrogen (secondary N) is 2. The molecular formula is C22H29F3IN5O. The molecule has 0 saturated carbocycles. The van der Waals surface area contributed by atoms with Gasteiger partial charge in [0, 0.05) is 31.4 Å². The molecule has 0 unspecified atom stereocenters. The number of rotatable bonds is 7. The lowest BCUT2D eigenvalue weighted by molar-refractivity contribution is -0.0506. The third-order valence-electron chi connectivity index (χ3n) is 5.06. The first-order valence-electron chi connectivity index (χ1n) is 10.4. The van der Waals surface area contributed by atoms with Crippen molar-refractivity contribution in [3.63, 3.8) is 0 Å². The van der Waals surface area contributed by atoms with E-state index in [9.17, 15) is 13.2 Å². The molecule has 0 amide bonds. The van der Waals surface area contributed by atoms with Crippen LogP contribution in [0.4, 0.5) is 19.0 Å². The third-order valence-corrected chi connectivity index (χ3v) is 5.06. The summed E-state index contributed by atoms with van der Waals surface area (Å²) in [6.45, 7) is 3.09. The Balaban J connectivity index is 0.00000363. The molecule has 0 radical (unpaired) electrons. The highest BCUT2D eigenvalue weighted by atomic mass is 127. The van der Waals surface area contributed by atoms with Crippen LogP contribution in [0.15, 0.2) is 41.4 Å². The number of hydrogen-bond acceptors (Lipinski definition) is 4. The largest absolute Gasteiger partial charge is 0.434 e. The Bertz CT molecular complexity index is 892. The normalized spacial score (nSPS) is 14.8. The van der Waals surface area contributed by atoms with Gasteiger partial charge in [-0.05, 0) is 51.0 Å². The van der Waals surface area contributed by atoms with Gasteiger partial charge >= 0.3 is 6.61 Å². The summed E-state index contributed by atoms with van der Waals surface area (Å²) in [5.41, 5.74) is 0.989. The summed E-state index contributed by atoms with van der Waals surface area (Å²) in [5, 5.41) is 6.50. The molecule has 0 aliphatic carbocycles. The van der Waals surface area contributed by atoms with E-state index in [1.165, 1.54) is 18.2 Å². The molecule has 3 rings (SSSR count). The van der Waals surface area contributed by atoms with E-state index in [0.29, 0.717) is 12.5 Å². The third kappa shape index (κ3) is 7.42. The van der Waals surface area contributed by atoms with Crippen molar-refractivity contribution in [3.05, 3.63) is 53.5 Å². The number of aromatic nitrogens is 1. The summed E-state index contributed by atoms with van der Waals surface area (Å²) in [6, 6.07) is 10.0. The van der Waals surface area contributed by atoms with Gasteiger partial charge in [-0.2, -0.15) is 8.78 Å². The molecule has 10 heteroatoms. The number of piperidine rings is 1.